The molecule has 4 aliphatic rings. The van der Waals surface area contributed by atoms with Crippen molar-refractivity contribution in [3.05, 3.63) is 35.3 Å². The Morgan fingerprint density at radius 3 is 2.48 bits per heavy atom. The number of aliphatic hydroxyl groups is 2. The zero-order chi connectivity index (χ0) is 29.4. The van der Waals surface area contributed by atoms with Gasteiger partial charge in [0.2, 0.25) is 0 Å². The number of hydrogen-bond donors (Lipinski definition) is 2. The number of fused-ring (bicyclic) bond motifs is 6. The Labute approximate surface area is 231 Å². The number of furan rings is 1. The molecule has 3 saturated heterocycles. The molecule has 2 N–H and O–H groups in total. The van der Waals surface area contributed by atoms with Crippen molar-refractivity contribution < 1.29 is 52.8 Å². The number of rotatable bonds is 4. The summed E-state index contributed by atoms with van der Waals surface area (Å²) >= 11 is 0. The molecule has 11 heteroatoms. The second kappa shape index (κ2) is 9.17. The zero-order valence-corrected chi connectivity index (χ0v) is 23.5. The van der Waals surface area contributed by atoms with Crippen LogP contribution in [0.2, 0.25) is 0 Å². The minimum atomic E-state index is -2.35. The highest BCUT2D eigenvalue weighted by atomic mass is 16.7. The van der Waals surface area contributed by atoms with Gasteiger partial charge in [-0.05, 0) is 37.3 Å². The fourth-order valence-electron chi connectivity index (χ4n) is 8.28. The molecule has 8 atom stereocenters. The molecule has 8 unspecified atom stereocenters. The molecular weight excluding hydrogens is 524 g/mol. The molecule has 1 aromatic heterocycles. The molecule has 218 valence electrons. The SMILES string of the molecule is COC(=O)C(O)C1C(C)(C)C(OC(C)=O)C2(O)CC3=C4CC(=O)OC(c5ccoc5)C4(C)CCC3C1(C)C(=O)O2. The van der Waals surface area contributed by atoms with Gasteiger partial charge in [-0.3, -0.25) is 14.4 Å². The van der Waals surface area contributed by atoms with E-state index >= 15 is 0 Å². The predicted molar refractivity (Wildman–Crippen MR) is 135 cm³/mol. The van der Waals surface area contributed by atoms with E-state index in [0.29, 0.717) is 29.6 Å². The first-order chi connectivity index (χ1) is 18.6. The van der Waals surface area contributed by atoms with Crippen molar-refractivity contribution >= 4 is 23.9 Å². The molecule has 40 heavy (non-hydrogen) atoms. The van der Waals surface area contributed by atoms with Crippen molar-refractivity contribution in [3.8, 4) is 0 Å². The number of hydrogen-bond acceptors (Lipinski definition) is 11. The average Bonchev–Trinajstić information content (AvgIpc) is 3.37. The molecule has 2 bridgehead atoms. The zero-order valence-electron chi connectivity index (χ0n) is 23.5. The van der Waals surface area contributed by atoms with Gasteiger partial charge in [-0.15, -0.1) is 0 Å². The third-order valence-electron chi connectivity index (χ3n) is 9.90. The fraction of sp³-hybridized carbons (Fsp3) is 0.655. The van der Waals surface area contributed by atoms with Crippen LogP contribution in [0.5, 0.6) is 0 Å². The quantitative estimate of drug-likeness (QED) is 0.317. The van der Waals surface area contributed by atoms with E-state index in [0.717, 1.165) is 14.0 Å². The molecule has 0 saturated carbocycles. The van der Waals surface area contributed by atoms with Crippen molar-refractivity contribution in [2.75, 3.05) is 7.11 Å². The Bertz CT molecular complexity index is 1280. The van der Waals surface area contributed by atoms with E-state index in [1.807, 2.05) is 6.92 Å². The van der Waals surface area contributed by atoms with Crippen LogP contribution in [-0.2, 0) is 38.1 Å². The standard InChI is InChI=1S/C29H36O11/c1-14(30)38-24-26(2,3)21(20(32)23(33)36-6)28(5)17-7-9-27(4)18(16(17)12-29(24,35)40-25(28)34)11-19(31)39-22(27)15-8-10-37-13-15/h8,10,13,17,20-22,24,32,35H,7,9,11-12H2,1-6H3. The molecule has 11 nitrogen and oxygen atoms in total. The van der Waals surface area contributed by atoms with E-state index in [1.54, 1.807) is 26.8 Å². The van der Waals surface area contributed by atoms with Crippen molar-refractivity contribution in [2.45, 2.75) is 84.4 Å². The Morgan fingerprint density at radius 1 is 1.18 bits per heavy atom. The second-order valence-corrected chi connectivity index (χ2v) is 12.6. The van der Waals surface area contributed by atoms with Crippen LogP contribution in [0.3, 0.4) is 0 Å². The molecule has 0 radical (unpaired) electrons. The topological polar surface area (TPSA) is 159 Å². The number of carbonyl (C=O) groups excluding carboxylic acids is 4. The Morgan fingerprint density at radius 2 is 1.88 bits per heavy atom. The van der Waals surface area contributed by atoms with Gasteiger partial charge in [0.1, 0.15) is 6.10 Å². The second-order valence-electron chi connectivity index (χ2n) is 12.6. The van der Waals surface area contributed by atoms with Crippen molar-refractivity contribution in [2.24, 2.45) is 28.1 Å². The smallest absolute Gasteiger partial charge is 0.335 e. The van der Waals surface area contributed by atoms with Gasteiger partial charge in [0.15, 0.2) is 12.2 Å². The van der Waals surface area contributed by atoms with E-state index in [9.17, 15) is 29.4 Å². The van der Waals surface area contributed by atoms with Gasteiger partial charge in [-0.2, -0.15) is 0 Å². The number of carbonyl (C=O) groups is 4. The molecule has 1 aromatic rings. The fourth-order valence-corrected chi connectivity index (χ4v) is 8.28. The molecule has 0 amide bonds. The maximum absolute atomic E-state index is 14.1. The van der Waals surface area contributed by atoms with Gasteiger partial charge >= 0.3 is 23.9 Å². The maximum atomic E-state index is 14.1. The van der Waals surface area contributed by atoms with E-state index in [2.05, 4.69) is 0 Å². The molecular formula is C29H36O11. The summed E-state index contributed by atoms with van der Waals surface area (Å²) in [4.78, 5) is 52.2. The summed E-state index contributed by atoms with van der Waals surface area (Å²) in [6.07, 6.45) is -0.334. The summed E-state index contributed by atoms with van der Waals surface area (Å²) < 4.78 is 27.4. The lowest BCUT2D eigenvalue weighted by Crippen LogP contribution is -2.62. The largest absolute Gasteiger partial charge is 0.472 e. The summed E-state index contributed by atoms with van der Waals surface area (Å²) in [6, 6.07) is 1.73. The van der Waals surface area contributed by atoms with Crippen LogP contribution in [0.1, 0.15) is 72.0 Å². The minimum absolute atomic E-state index is 0.0805. The van der Waals surface area contributed by atoms with Gasteiger partial charge < -0.3 is 33.6 Å². The van der Waals surface area contributed by atoms with Crippen LogP contribution in [0.25, 0.3) is 0 Å². The first-order valence-electron chi connectivity index (χ1n) is 13.4. The van der Waals surface area contributed by atoms with Crippen LogP contribution >= 0.6 is 0 Å². The lowest BCUT2D eigenvalue weighted by atomic mass is 9.48. The molecule has 4 heterocycles. The number of aliphatic hydroxyl groups excluding tert-OH is 1. The summed E-state index contributed by atoms with van der Waals surface area (Å²) in [7, 11) is 1.12. The van der Waals surface area contributed by atoms with Gasteiger partial charge in [0, 0.05) is 35.7 Å². The molecule has 3 aliphatic heterocycles. The summed E-state index contributed by atoms with van der Waals surface area (Å²) in [6.45, 7) is 7.99. The molecule has 0 spiro atoms. The first-order valence-corrected chi connectivity index (χ1v) is 13.4. The van der Waals surface area contributed by atoms with E-state index < -0.39 is 76.1 Å². The Kier molecular flexibility index (Phi) is 6.50. The highest BCUT2D eigenvalue weighted by Crippen LogP contribution is 2.66. The minimum Gasteiger partial charge on any atom is -0.472 e. The van der Waals surface area contributed by atoms with Crippen molar-refractivity contribution in [1.82, 2.24) is 0 Å². The van der Waals surface area contributed by atoms with E-state index in [4.69, 9.17) is 23.4 Å². The summed E-state index contributed by atoms with van der Waals surface area (Å²) in [5.41, 5.74) is -1.66. The normalized spacial score (nSPS) is 39.1. The average molecular weight is 561 g/mol. The number of methoxy groups -OCH3 is 1. The molecule has 0 aromatic carbocycles. The van der Waals surface area contributed by atoms with Crippen LogP contribution in [-0.4, -0.2) is 59.2 Å². The first kappa shape index (κ1) is 28.4. The predicted octanol–water partition coefficient (Wildman–Crippen LogP) is 2.74. The van der Waals surface area contributed by atoms with Crippen LogP contribution in [0, 0.1) is 28.1 Å². The van der Waals surface area contributed by atoms with Crippen LogP contribution in [0.4, 0.5) is 0 Å². The molecule has 5 rings (SSSR count). The van der Waals surface area contributed by atoms with Gasteiger partial charge in [0.25, 0.3) is 5.79 Å². The van der Waals surface area contributed by atoms with E-state index in [1.165, 1.54) is 12.5 Å². The molecule has 3 fully saturated rings. The highest BCUT2D eigenvalue weighted by molar-refractivity contribution is 5.83. The van der Waals surface area contributed by atoms with Crippen molar-refractivity contribution in [3.63, 3.8) is 0 Å². The third kappa shape index (κ3) is 3.84. The van der Waals surface area contributed by atoms with E-state index in [-0.39, 0.29) is 12.8 Å². The Hall–Kier alpha value is -3.18. The maximum Gasteiger partial charge on any atom is 0.335 e. The van der Waals surface area contributed by atoms with Crippen molar-refractivity contribution in [1.29, 1.82) is 0 Å². The monoisotopic (exact) mass is 560 g/mol. The van der Waals surface area contributed by atoms with Gasteiger partial charge in [-0.1, -0.05) is 26.3 Å². The van der Waals surface area contributed by atoms with Gasteiger partial charge in [0.05, 0.1) is 31.5 Å². The summed E-state index contributed by atoms with van der Waals surface area (Å²) in [5, 5.41) is 23.6. The lowest BCUT2D eigenvalue weighted by molar-refractivity contribution is -0.268. The van der Waals surface area contributed by atoms with Crippen LogP contribution in [0.15, 0.2) is 34.2 Å². The third-order valence-corrected chi connectivity index (χ3v) is 9.90. The highest BCUT2D eigenvalue weighted by Gasteiger charge is 2.72. The number of cyclic esters (lactones) is 1. The summed E-state index contributed by atoms with van der Waals surface area (Å²) in [5.74, 6) is -7.19. The number of ether oxygens (including phenoxy) is 4. The Balaban J connectivity index is 1.79. The van der Waals surface area contributed by atoms with Gasteiger partial charge in [-0.25, -0.2) is 4.79 Å². The molecule has 1 aliphatic carbocycles. The lowest BCUT2D eigenvalue weighted by Gasteiger charge is -2.56. The number of esters is 4. The van der Waals surface area contributed by atoms with Crippen LogP contribution < -0.4 is 0 Å².